The zero-order chi connectivity index (χ0) is 23.7. The van der Waals surface area contributed by atoms with Crippen molar-refractivity contribution in [1.29, 1.82) is 5.41 Å². The Labute approximate surface area is 190 Å². The van der Waals surface area contributed by atoms with Gasteiger partial charge in [0, 0.05) is 25.8 Å². The van der Waals surface area contributed by atoms with Gasteiger partial charge in [-0.25, -0.2) is 8.42 Å². The molecule has 0 saturated carbocycles. The molecule has 176 valence electrons. The van der Waals surface area contributed by atoms with E-state index in [0.717, 1.165) is 5.56 Å². The number of methoxy groups -OCH3 is 1. The molecule has 2 rings (SSSR count). The Morgan fingerprint density at radius 3 is 2.38 bits per heavy atom. The predicted molar refractivity (Wildman–Crippen MR) is 125 cm³/mol. The Hall–Kier alpha value is -2.46. The maximum absolute atomic E-state index is 13.4. The van der Waals surface area contributed by atoms with Crippen LogP contribution in [0.1, 0.15) is 36.5 Å². The number of nitrogens with zero attached hydrogens (tertiary/aromatic N) is 1. The van der Waals surface area contributed by atoms with E-state index >= 15 is 0 Å². The van der Waals surface area contributed by atoms with Gasteiger partial charge in [0.05, 0.1) is 19.8 Å². The van der Waals surface area contributed by atoms with Crippen molar-refractivity contribution in [2.45, 2.75) is 31.1 Å². The molecule has 0 aliphatic rings. The van der Waals surface area contributed by atoms with Crippen LogP contribution in [0.4, 0.5) is 0 Å². The fraction of sp³-hybridized carbons (Fsp3) is 0.435. The summed E-state index contributed by atoms with van der Waals surface area (Å²) in [6.45, 7) is 5.51. The Morgan fingerprint density at radius 1 is 1.09 bits per heavy atom. The zero-order valence-corrected chi connectivity index (χ0v) is 19.7. The second kappa shape index (κ2) is 12.0. The smallest absolute Gasteiger partial charge is 0.246 e. The first-order valence-corrected chi connectivity index (χ1v) is 11.9. The maximum Gasteiger partial charge on any atom is 0.246 e. The van der Waals surface area contributed by atoms with Gasteiger partial charge in [-0.3, -0.25) is 5.41 Å². The number of amidine groups is 1. The van der Waals surface area contributed by atoms with E-state index < -0.39 is 10.0 Å². The summed E-state index contributed by atoms with van der Waals surface area (Å²) >= 11 is 0. The van der Waals surface area contributed by atoms with Crippen molar-refractivity contribution in [3.05, 3.63) is 59.2 Å². The van der Waals surface area contributed by atoms with Crippen LogP contribution in [0, 0.1) is 5.41 Å². The minimum Gasteiger partial charge on any atom is -0.507 e. The molecular weight excluding hydrogens is 430 g/mol. The molecule has 2 aromatic rings. The third kappa shape index (κ3) is 7.03. The van der Waals surface area contributed by atoms with Crippen LogP contribution >= 0.6 is 0 Å². The molecule has 32 heavy (non-hydrogen) atoms. The van der Waals surface area contributed by atoms with Crippen molar-refractivity contribution < 1.29 is 23.0 Å². The average molecular weight is 464 g/mol. The fourth-order valence-electron chi connectivity index (χ4n) is 3.11. The molecule has 0 bridgehead atoms. The summed E-state index contributed by atoms with van der Waals surface area (Å²) in [5.74, 6) is -0.246. The summed E-state index contributed by atoms with van der Waals surface area (Å²) in [6, 6.07) is 12.0. The number of nitrogen functional groups attached to an aromatic ring is 1. The molecule has 0 saturated heterocycles. The molecule has 0 heterocycles. The molecule has 9 heteroatoms. The lowest BCUT2D eigenvalue weighted by molar-refractivity contribution is 0.0658. The van der Waals surface area contributed by atoms with Crippen LogP contribution in [-0.2, 0) is 25.9 Å². The lowest BCUT2D eigenvalue weighted by Gasteiger charge is -2.23. The molecule has 8 nitrogen and oxygen atoms in total. The third-order valence-electron chi connectivity index (χ3n) is 5.10. The molecule has 0 spiro atoms. The minimum absolute atomic E-state index is 0.111. The number of sulfonamides is 1. The number of nitrogens with one attached hydrogen (secondary N) is 1. The number of benzene rings is 2. The number of aromatic hydroxyl groups is 1. The first-order chi connectivity index (χ1) is 15.2. The quantitative estimate of drug-likeness (QED) is 0.238. The van der Waals surface area contributed by atoms with E-state index in [2.05, 4.69) is 26.0 Å². The van der Waals surface area contributed by atoms with Gasteiger partial charge in [0.2, 0.25) is 10.0 Å². The minimum atomic E-state index is -4.05. The van der Waals surface area contributed by atoms with Crippen molar-refractivity contribution in [3.63, 3.8) is 0 Å². The summed E-state index contributed by atoms with van der Waals surface area (Å²) in [4.78, 5) is -0.280. The number of hydrogen-bond acceptors (Lipinski definition) is 6. The summed E-state index contributed by atoms with van der Waals surface area (Å²) in [5.41, 5.74) is 7.96. The van der Waals surface area contributed by atoms with Crippen molar-refractivity contribution in [3.8, 4) is 5.75 Å². The number of nitrogens with two attached hydrogens (primary N) is 1. The topological polar surface area (TPSA) is 126 Å². The van der Waals surface area contributed by atoms with Gasteiger partial charge >= 0.3 is 0 Å². The summed E-state index contributed by atoms with van der Waals surface area (Å²) in [6.07, 6.45) is 0.503. The fourth-order valence-corrected chi connectivity index (χ4v) is 4.65. The van der Waals surface area contributed by atoms with E-state index in [0.29, 0.717) is 25.6 Å². The van der Waals surface area contributed by atoms with Crippen LogP contribution in [0.5, 0.6) is 5.75 Å². The van der Waals surface area contributed by atoms with Gasteiger partial charge < -0.3 is 20.3 Å². The normalized spacial score (nSPS) is 11.9. The number of hydrogen-bond donors (Lipinski definition) is 3. The molecule has 0 atom stereocenters. The van der Waals surface area contributed by atoms with Gasteiger partial charge in [-0.15, -0.1) is 0 Å². The third-order valence-corrected chi connectivity index (χ3v) is 7.03. The molecular formula is C23H33N3O5S. The first-order valence-electron chi connectivity index (χ1n) is 10.5. The molecule has 0 radical (unpaired) electrons. The van der Waals surface area contributed by atoms with E-state index in [1.807, 2.05) is 12.1 Å². The van der Waals surface area contributed by atoms with Gasteiger partial charge in [-0.2, -0.15) is 4.31 Å². The maximum atomic E-state index is 13.4. The zero-order valence-electron chi connectivity index (χ0n) is 18.9. The Balaban J connectivity index is 2.24. The summed E-state index contributed by atoms with van der Waals surface area (Å²) in [7, 11) is -2.49. The SMILES string of the molecule is COCCOCCN(CCc1ccc(C(C)C)cc1)S(=O)(=O)c1cc(C(=N)N)ccc1O. The van der Waals surface area contributed by atoms with Crippen LogP contribution in [-0.4, -0.2) is 63.7 Å². The van der Waals surface area contributed by atoms with Gasteiger partial charge in [-0.1, -0.05) is 38.1 Å². The standard InChI is InChI=1S/C23H33N3O5S/c1-17(2)19-6-4-18(5-7-19)10-11-26(12-13-31-15-14-30-3)32(28,29)22-16-20(23(24)25)8-9-21(22)27/h4-9,16-17,27H,10-15H2,1-3H3,(H3,24,25). The van der Waals surface area contributed by atoms with E-state index in [1.165, 1.54) is 28.1 Å². The van der Waals surface area contributed by atoms with Crippen molar-refractivity contribution in [1.82, 2.24) is 4.31 Å². The van der Waals surface area contributed by atoms with Gasteiger partial charge in [0.1, 0.15) is 16.5 Å². The van der Waals surface area contributed by atoms with Crippen molar-refractivity contribution in [2.24, 2.45) is 5.73 Å². The number of phenols is 1. The Morgan fingerprint density at radius 2 is 1.78 bits per heavy atom. The average Bonchev–Trinajstić information content (AvgIpc) is 2.75. The van der Waals surface area contributed by atoms with Crippen LogP contribution in [0.3, 0.4) is 0 Å². The van der Waals surface area contributed by atoms with Gasteiger partial charge in [0.25, 0.3) is 0 Å². The molecule has 0 aliphatic carbocycles. The van der Waals surface area contributed by atoms with E-state index in [9.17, 15) is 13.5 Å². The highest BCUT2D eigenvalue weighted by Gasteiger charge is 2.27. The second-order valence-electron chi connectivity index (χ2n) is 7.75. The molecule has 0 unspecified atom stereocenters. The molecule has 0 amide bonds. The lowest BCUT2D eigenvalue weighted by atomic mass is 10.0. The largest absolute Gasteiger partial charge is 0.507 e. The number of ether oxygens (including phenoxy) is 2. The first kappa shape index (κ1) is 25.8. The van der Waals surface area contributed by atoms with Crippen LogP contribution in [0.15, 0.2) is 47.4 Å². The summed E-state index contributed by atoms with van der Waals surface area (Å²) in [5, 5.41) is 17.8. The summed E-state index contributed by atoms with van der Waals surface area (Å²) < 4.78 is 38.5. The van der Waals surface area contributed by atoms with Crippen molar-refractivity contribution in [2.75, 3.05) is 40.0 Å². The Bertz CT molecular complexity index is 991. The highest BCUT2D eigenvalue weighted by atomic mass is 32.2. The second-order valence-corrected chi connectivity index (χ2v) is 9.66. The highest BCUT2D eigenvalue weighted by molar-refractivity contribution is 7.89. The van der Waals surface area contributed by atoms with Crippen LogP contribution < -0.4 is 5.73 Å². The van der Waals surface area contributed by atoms with E-state index in [-0.39, 0.29) is 41.7 Å². The predicted octanol–water partition coefficient (Wildman–Crippen LogP) is 2.70. The lowest BCUT2D eigenvalue weighted by Crippen LogP contribution is -2.36. The number of rotatable bonds is 13. The van der Waals surface area contributed by atoms with E-state index in [4.69, 9.17) is 20.6 Å². The van der Waals surface area contributed by atoms with Crippen molar-refractivity contribution >= 4 is 15.9 Å². The van der Waals surface area contributed by atoms with Crippen LogP contribution in [0.25, 0.3) is 0 Å². The van der Waals surface area contributed by atoms with Gasteiger partial charge in [0.15, 0.2) is 0 Å². The molecule has 4 N–H and O–H groups in total. The number of phenolic OH excluding ortho intramolecular Hbond substituents is 1. The van der Waals surface area contributed by atoms with E-state index in [1.54, 1.807) is 7.11 Å². The molecule has 0 aliphatic heterocycles. The monoisotopic (exact) mass is 463 g/mol. The van der Waals surface area contributed by atoms with Gasteiger partial charge in [-0.05, 0) is 41.7 Å². The molecule has 2 aromatic carbocycles. The highest BCUT2D eigenvalue weighted by Crippen LogP contribution is 2.27. The van der Waals surface area contributed by atoms with Crippen LogP contribution in [0.2, 0.25) is 0 Å². The Kier molecular flexibility index (Phi) is 9.64. The molecule has 0 fully saturated rings. The molecule has 0 aromatic heterocycles.